The Labute approximate surface area is 145 Å². The molecule has 2 atom stereocenters. The van der Waals surface area contributed by atoms with Crippen molar-refractivity contribution in [2.24, 2.45) is 17.1 Å². The van der Waals surface area contributed by atoms with E-state index in [0.717, 1.165) is 11.1 Å². The van der Waals surface area contributed by atoms with Crippen molar-refractivity contribution in [2.75, 3.05) is 6.54 Å². The Balaban J connectivity index is 2.77. The Morgan fingerprint density at radius 3 is 2.25 bits per heavy atom. The van der Waals surface area contributed by atoms with Crippen LogP contribution in [0.5, 0.6) is 0 Å². The van der Waals surface area contributed by atoms with Crippen molar-refractivity contribution in [2.45, 2.75) is 53.6 Å². The zero-order valence-corrected chi connectivity index (χ0v) is 15.6. The number of carbonyl (C=O) groups is 2. The maximum Gasteiger partial charge on any atom is 0.239 e. The summed E-state index contributed by atoms with van der Waals surface area (Å²) in [6.07, 6.45) is 0. The molecule has 0 spiro atoms. The van der Waals surface area contributed by atoms with E-state index < -0.39 is 6.04 Å². The molecule has 0 aliphatic heterocycles. The number of nitrogens with two attached hydrogens (primary N) is 1. The molecule has 1 unspecified atom stereocenters. The predicted molar refractivity (Wildman–Crippen MR) is 97.3 cm³/mol. The van der Waals surface area contributed by atoms with Gasteiger partial charge in [0.1, 0.15) is 0 Å². The molecule has 0 fully saturated rings. The summed E-state index contributed by atoms with van der Waals surface area (Å²) in [6, 6.07) is 7.27. The maximum atomic E-state index is 12.3. The van der Waals surface area contributed by atoms with Gasteiger partial charge in [0.15, 0.2) is 0 Å². The average Bonchev–Trinajstić information content (AvgIpc) is 2.49. The third-order valence-corrected chi connectivity index (χ3v) is 4.11. The SMILES string of the molecule is Cc1ccccc1C(NC(=O)CNC(=O)[C@@H](N)C(C)C)C(C)(C)C. The lowest BCUT2D eigenvalue weighted by Crippen LogP contribution is -2.48. The van der Waals surface area contributed by atoms with Crippen LogP contribution < -0.4 is 16.4 Å². The Hall–Kier alpha value is -1.88. The summed E-state index contributed by atoms with van der Waals surface area (Å²) in [5.41, 5.74) is 7.85. The molecule has 0 radical (unpaired) electrons. The van der Waals surface area contributed by atoms with Gasteiger partial charge >= 0.3 is 0 Å². The molecule has 1 aromatic rings. The van der Waals surface area contributed by atoms with Crippen molar-refractivity contribution in [1.82, 2.24) is 10.6 Å². The second-order valence-corrected chi connectivity index (χ2v) is 7.71. The van der Waals surface area contributed by atoms with Crippen LogP contribution in [0.3, 0.4) is 0 Å². The maximum absolute atomic E-state index is 12.3. The van der Waals surface area contributed by atoms with E-state index in [0.29, 0.717) is 0 Å². The molecule has 0 heterocycles. The van der Waals surface area contributed by atoms with Crippen molar-refractivity contribution in [3.63, 3.8) is 0 Å². The molecular formula is C19H31N3O2. The van der Waals surface area contributed by atoms with Crippen molar-refractivity contribution >= 4 is 11.8 Å². The van der Waals surface area contributed by atoms with Gasteiger partial charge in [0.05, 0.1) is 18.6 Å². The predicted octanol–water partition coefficient (Wildman–Crippen LogP) is 2.30. The van der Waals surface area contributed by atoms with E-state index in [1.54, 1.807) is 0 Å². The van der Waals surface area contributed by atoms with E-state index in [1.807, 2.05) is 45.0 Å². The summed E-state index contributed by atoms with van der Waals surface area (Å²) >= 11 is 0. The van der Waals surface area contributed by atoms with Crippen molar-refractivity contribution in [3.05, 3.63) is 35.4 Å². The van der Waals surface area contributed by atoms with Gasteiger partial charge in [-0.1, -0.05) is 58.9 Å². The fraction of sp³-hybridized carbons (Fsp3) is 0.579. The van der Waals surface area contributed by atoms with Gasteiger partial charge in [0.2, 0.25) is 11.8 Å². The average molecular weight is 333 g/mol. The van der Waals surface area contributed by atoms with E-state index in [-0.39, 0.29) is 35.7 Å². The van der Waals surface area contributed by atoms with Crippen LogP contribution in [0.25, 0.3) is 0 Å². The zero-order chi connectivity index (χ0) is 18.5. The number of amides is 2. The van der Waals surface area contributed by atoms with Crippen LogP contribution in [0.2, 0.25) is 0 Å². The van der Waals surface area contributed by atoms with Gasteiger partial charge in [-0.05, 0) is 29.4 Å². The van der Waals surface area contributed by atoms with Gasteiger partial charge in [-0.15, -0.1) is 0 Å². The van der Waals surface area contributed by atoms with Crippen LogP contribution in [0.4, 0.5) is 0 Å². The number of nitrogens with one attached hydrogen (secondary N) is 2. The minimum Gasteiger partial charge on any atom is -0.347 e. The third kappa shape index (κ3) is 5.64. The molecular weight excluding hydrogens is 302 g/mol. The molecule has 0 saturated carbocycles. The normalized spacial score (nSPS) is 14.2. The number of benzene rings is 1. The van der Waals surface area contributed by atoms with Gasteiger partial charge < -0.3 is 16.4 Å². The van der Waals surface area contributed by atoms with Gasteiger partial charge in [0, 0.05) is 0 Å². The second kappa shape index (κ2) is 8.29. The number of carbonyl (C=O) groups excluding carboxylic acids is 2. The largest absolute Gasteiger partial charge is 0.347 e. The lowest BCUT2D eigenvalue weighted by atomic mass is 9.81. The van der Waals surface area contributed by atoms with Gasteiger partial charge in [0.25, 0.3) is 0 Å². The van der Waals surface area contributed by atoms with Crippen LogP contribution in [0, 0.1) is 18.3 Å². The summed E-state index contributed by atoms with van der Waals surface area (Å²) in [6.45, 7) is 11.9. The highest BCUT2D eigenvalue weighted by Crippen LogP contribution is 2.34. The van der Waals surface area contributed by atoms with Crippen molar-refractivity contribution in [1.29, 1.82) is 0 Å². The van der Waals surface area contributed by atoms with Crippen LogP contribution in [0.1, 0.15) is 51.8 Å². The molecule has 2 amide bonds. The van der Waals surface area contributed by atoms with Crippen LogP contribution in [-0.2, 0) is 9.59 Å². The first-order chi connectivity index (χ1) is 11.0. The number of aryl methyl sites for hydroxylation is 1. The van der Waals surface area contributed by atoms with Crippen LogP contribution in [-0.4, -0.2) is 24.4 Å². The molecule has 0 bridgehead atoms. The van der Waals surface area contributed by atoms with Crippen LogP contribution in [0.15, 0.2) is 24.3 Å². The van der Waals surface area contributed by atoms with E-state index >= 15 is 0 Å². The summed E-state index contributed by atoms with van der Waals surface area (Å²) in [7, 11) is 0. The van der Waals surface area contributed by atoms with Gasteiger partial charge in [-0.3, -0.25) is 9.59 Å². The van der Waals surface area contributed by atoms with Crippen LogP contribution >= 0.6 is 0 Å². The first kappa shape index (κ1) is 20.2. The lowest BCUT2D eigenvalue weighted by molar-refractivity contribution is -0.128. The highest BCUT2D eigenvalue weighted by atomic mass is 16.2. The van der Waals surface area contributed by atoms with Crippen molar-refractivity contribution < 1.29 is 9.59 Å². The molecule has 24 heavy (non-hydrogen) atoms. The summed E-state index contributed by atoms with van der Waals surface area (Å²) in [4.78, 5) is 24.2. The molecule has 0 aliphatic rings. The molecule has 1 rings (SSSR count). The third-order valence-electron chi connectivity index (χ3n) is 4.11. The quantitative estimate of drug-likeness (QED) is 0.747. The Morgan fingerprint density at radius 1 is 1.17 bits per heavy atom. The van der Waals surface area contributed by atoms with Gasteiger partial charge in [-0.25, -0.2) is 0 Å². The van der Waals surface area contributed by atoms with E-state index in [9.17, 15) is 9.59 Å². The minimum atomic E-state index is -0.604. The Kier molecular flexibility index (Phi) is 6.96. The molecule has 5 heteroatoms. The summed E-state index contributed by atoms with van der Waals surface area (Å²) < 4.78 is 0. The van der Waals surface area contributed by atoms with E-state index in [1.165, 1.54) is 0 Å². The second-order valence-electron chi connectivity index (χ2n) is 7.71. The fourth-order valence-corrected chi connectivity index (χ4v) is 2.47. The van der Waals surface area contributed by atoms with E-state index in [2.05, 4.69) is 31.4 Å². The first-order valence-corrected chi connectivity index (χ1v) is 8.42. The molecule has 0 aliphatic carbocycles. The summed E-state index contributed by atoms with van der Waals surface area (Å²) in [5, 5.41) is 5.65. The summed E-state index contributed by atoms with van der Waals surface area (Å²) in [5.74, 6) is -0.492. The molecule has 1 aromatic carbocycles. The zero-order valence-electron chi connectivity index (χ0n) is 15.6. The molecule has 4 N–H and O–H groups in total. The Bertz CT molecular complexity index is 576. The number of hydrogen-bond acceptors (Lipinski definition) is 3. The molecule has 0 saturated heterocycles. The number of rotatable bonds is 6. The fourth-order valence-electron chi connectivity index (χ4n) is 2.47. The first-order valence-electron chi connectivity index (χ1n) is 8.42. The highest BCUT2D eigenvalue weighted by Gasteiger charge is 2.29. The standard InChI is InChI=1S/C19H31N3O2/c1-12(2)16(20)18(24)21-11-15(23)22-17(19(4,5)6)14-10-8-7-9-13(14)3/h7-10,12,16-17H,11,20H2,1-6H3,(H,21,24)(H,22,23)/t16-,17?/m0/s1. The molecule has 0 aromatic heterocycles. The van der Waals surface area contributed by atoms with E-state index in [4.69, 9.17) is 5.73 Å². The van der Waals surface area contributed by atoms with Gasteiger partial charge in [-0.2, -0.15) is 0 Å². The van der Waals surface area contributed by atoms with Crippen molar-refractivity contribution in [3.8, 4) is 0 Å². The number of hydrogen-bond donors (Lipinski definition) is 3. The minimum absolute atomic E-state index is 0.0300. The lowest BCUT2D eigenvalue weighted by Gasteiger charge is -2.33. The monoisotopic (exact) mass is 333 g/mol. The Morgan fingerprint density at radius 2 is 1.75 bits per heavy atom. The smallest absolute Gasteiger partial charge is 0.239 e. The molecule has 5 nitrogen and oxygen atoms in total. The molecule has 134 valence electrons. The topological polar surface area (TPSA) is 84.2 Å². The highest BCUT2D eigenvalue weighted by molar-refractivity contribution is 5.87.